The van der Waals surface area contributed by atoms with E-state index >= 15 is 0 Å². The van der Waals surface area contributed by atoms with Gasteiger partial charge in [-0.2, -0.15) is 0 Å². The molecule has 2 aliphatic heterocycles. The average Bonchev–Trinajstić information content (AvgIpc) is 3.16. The lowest BCUT2D eigenvalue weighted by atomic mass is 9.91. The predicted molar refractivity (Wildman–Crippen MR) is 80.3 cm³/mol. The molecular weight excluding hydrogens is 284 g/mol. The number of methoxy groups -OCH3 is 1. The van der Waals surface area contributed by atoms with Crippen molar-refractivity contribution in [3.63, 3.8) is 0 Å². The molecule has 0 aliphatic carbocycles. The van der Waals surface area contributed by atoms with Gasteiger partial charge in [0.15, 0.2) is 0 Å². The highest BCUT2D eigenvalue weighted by molar-refractivity contribution is 5.81. The Balaban J connectivity index is 1.47. The van der Waals surface area contributed by atoms with E-state index in [-0.39, 0.29) is 18.1 Å². The largest absolute Gasteiger partial charge is 0.472 e. The number of furan rings is 1. The molecule has 3 atom stereocenters. The lowest BCUT2D eigenvalue weighted by Crippen LogP contribution is -2.42. The Morgan fingerprint density at radius 1 is 1.55 bits per heavy atom. The third-order valence-electron chi connectivity index (χ3n) is 4.52. The van der Waals surface area contributed by atoms with E-state index in [4.69, 9.17) is 13.9 Å². The molecule has 2 aliphatic rings. The van der Waals surface area contributed by atoms with E-state index in [0.29, 0.717) is 19.1 Å². The standard InChI is InChI=1S/C16H24N2O4/c1-20-7-4-17-16(19)14-8-13-2-5-18(10-15(13)22-14)9-12-3-6-21-11-12/h3,6,11,13-15H,2,4-5,7-10H2,1H3,(H,17,19)/t13-,14-,15+/m0/s1. The van der Waals surface area contributed by atoms with Crippen molar-refractivity contribution >= 4 is 5.91 Å². The summed E-state index contributed by atoms with van der Waals surface area (Å²) >= 11 is 0. The molecule has 1 aromatic heterocycles. The Bertz CT molecular complexity index is 477. The summed E-state index contributed by atoms with van der Waals surface area (Å²) < 4.78 is 16.0. The van der Waals surface area contributed by atoms with Crippen LogP contribution in [0.3, 0.4) is 0 Å². The van der Waals surface area contributed by atoms with E-state index < -0.39 is 0 Å². The molecule has 0 aromatic carbocycles. The molecule has 1 amide bonds. The maximum atomic E-state index is 12.1. The van der Waals surface area contributed by atoms with Crippen LogP contribution >= 0.6 is 0 Å². The van der Waals surface area contributed by atoms with Crippen LogP contribution in [-0.2, 0) is 20.8 Å². The number of nitrogens with one attached hydrogen (secondary N) is 1. The van der Waals surface area contributed by atoms with Gasteiger partial charge in [0, 0.05) is 32.3 Å². The third kappa shape index (κ3) is 3.69. The molecule has 0 spiro atoms. The maximum absolute atomic E-state index is 12.1. The van der Waals surface area contributed by atoms with Crippen molar-refractivity contribution in [2.24, 2.45) is 5.92 Å². The summed E-state index contributed by atoms with van der Waals surface area (Å²) in [5, 5.41) is 2.87. The number of hydrogen-bond donors (Lipinski definition) is 1. The van der Waals surface area contributed by atoms with E-state index in [1.165, 1.54) is 5.56 Å². The normalized spacial score (nSPS) is 28.5. The van der Waals surface area contributed by atoms with Crippen molar-refractivity contribution in [3.8, 4) is 0 Å². The molecular formula is C16H24N2O4. The Hall–Kier alpha value is -1.37. The van der Waals surface area contributed by atoms with Crippen LogP contribution in [0.4, 0.5) is 0 Å². The lowest BCUT2D eigenvalue weighted by molar-refractivity contribution is -0.133. The molecule has 1 N–H and O–H groups in total. The van der Waals surface area contributed by atoms with Crippen LogP contribution < -0.4 is 5.32 Å². The summed E-state index contributed by atoms with van der Waals surface area (Å²) in [4.78, 5) is 14.5. The SMILES string of the molecule is COCCNC(=O)[C@@H]1C[C@@H]2CCN(Cc3ccoc3)C[C@H]2O1. The van der Waals surface area contributed by atoms with E-state index in [0.717, 1.165) is 32.5 Å². The van der Waals surface area contributed by atoms with Crippen molar-refractivity contribution < 1.29 is 18.7 Å². The lowest BCUT2D eigenvalue weighted by Gasteiger charge is -2.33. The Kier molecular flexibility index (Phi) is 5.12. The highest BCUT2D eigenvalue weighted by atomic mass is 16.5. The van der Waals surface area contributed by atoms with E-state index in [1.54, 1.807) is 19.6 Å². The maximum Gasteiger partial charge on any atom is 0.249 e. The number of fused-ring (bicyclic) bond motifs is 1. The summed E-state index contributed by atoms with van der Waals surface area (Å²) in [6.45, 7) is 3.89. The highest BCUT2D eigenvalue weighted by Crippen LogP contribution is 2.33. The van der Waals surface area contributed by atoms with Crippen molar-refractivity contribution in [2.75, 3.05) is 33.4 Å². The summed E-state index contributed by atoms with van der Waals surface area (Å²) in [7, 11) is 1.63. The topological polar surface area (TPSA) is 63.9 Å². The van der Waals surface area contributed by atoms with Crippen LogP contribution in [0.1, 0.15) is 18.4 Å². The van der Waals surface area contributed by atoms with Crippen LogP contribution in [0.5, 0.6) is 0 Å². The van der Waals surface area contributed by atoms with Crippen LogP contribution in [0.25, 0.3) is 0 Å². The number of carbonyl (C=O) groups is 1. The van der Waals surface area contributed by atoms with Crippen molar-refractivity contribution in [1.82, 2.24) is 10.2 Å². The fourth-order valence-electron chi connectivity index (χ4n) is 3.34. The van der Waals surface area contributed by atoms with Gasteiger partial charge in [-0.25, -0.2) is 0 Å². The fourth-order valence-corrected chi connectivity index (χ4v) is 3.34. The highest BCUT2D eigenvalue weighted by Gasteiger charge is 2.41. The van der Waals surface area contributed by atoms with Crippen molar-refractivity contribution in [1.29, 1.82) is 0 Å². The first-order valence-corrected chi connectivity index (χ1v) is 7.92. The Labute approximate surface area is 130 Å². The Morgan fingerprint density at radius 3 is 3.23 bits per heavy atom. The van der Waals surface area contributed by atoms with Gasteiger partial charge < -0.3 is 19.2 Å². The van der Waals surface area contributed by atoms with E-state index in [9.17, 15) is 4.79 Å². The number of likely N-dealkylation sites (tertiary alicyclic amines) is 1. The second-order valence-corrected chi connectivity index (χ2v) is 6.10. The fraction of sp³-hybridized carbons (Fsp3) is 0.688. The molecule has 3 heterocycles. The molecule has 0 saturated carbocycles. The summed E-state index contributed by atoms with van der Waals surface area (Å²) in [6, 6.07) is 1.99. The van der Waals surface area contributed by atoms with Gasteiger partial charge in [-0.05, 0) is 31.4 Å². The molecule has 2 fully saturated rings. The monoisotopic (exact) mass is 308 g/mol. The van der Waals surface area contributed by atoms with Crippen molar-refractivity contribution in [2.45, 2.75) is 31.6 Å². The molecule has 6 heteroatoms. The number of piperidine rings is 1. The molecule has 2 saturated heterocycles. The zero-order valence-electron chi connectivity index (χ0n) is 13.0. The second kappa shape index (κ2) is 7.26. The van der Waals surface area contributed by atoms with Crippen molar-refractivity contribution in [3.05, 3.63) is 24.2 Å². The van der Waals surface area contributed by atoms with E-state index in [2.05, 4.69) is 10.2 Å². The first kappa shape index (κ1) is 15.5. The minimum atomic E-state index is -0.305. The molecule has 6 nitrogen and oxygen atoms in total. The molecule has 3 rings (SSSR count). The number of carbonyl (C=O) groups excluding carboxylic acids is 1. The van der Waals surface area contributed by atoms with Gasteiger partial charge in [0.2, 0.25) is 5.91 Å². The summed E-state index contributed by atoms with van der Waals surface area (Å²) in [6.07, 6.45) is 5.27. The number of hydrogen-bond acceptors (Lipinski definition) is 5. The first-order chi connectivity index (χ1) is 10.8. The zero-order chi connectivity index (χ0) is 15.4. The quantitative estimate of drug-likeness (QED) is 0.795. The number of rotatable bonds is 6. The Morgan fingerprint density at radius 2 is 2.45 bits per heavy atom. The van der Waals surface area contributed by atoms with Crippen LogP contribution in [0.15, 0.2) is 23.0 Å². The van der Waals surface area contributed by atoms with Gasteiger partial charge in [-0.3, -0.25) is 9.69 Å². The second-order valence-electron chi connectivity index (χ2n) is 6.10. The molecule has 22 heavy (non-hydrogen) atoms. The average molecular weight is 308 g/mol. The predicted octanol–water partition coefficient (Wildman–Crippen LogP) is 1.02. The zero-order valence-corrected chi connectivity index (χ0v) is 13.0. The number of amides is 1. The molecule has 0 unspecified atom stereocenters. The minimum Gasteiger partial charge on any atom is -0.472 e. The molecule has 1 aromatic rings. The summed E-state index contributed by atoms with van der Waals surface area (Å²) in [5.74, 6) is 0.492. The molecule has 0 radical (unpaired) electrons. The van der Waals surface area contributed by atoms with Crippen LogP contribution in [0.2, 0.25) is 0 Å². The third-order valence-corrected chi connectivity index (χ3v) is 4.52. The number of nitrogens with zero attached hydrogens (tertiary/aromatic N) is 1. The van der Waals surface area contributed by atoms with Crippen LogP contribution in [0, 0.1) is 5.92 Å². The summed E-state index contributed by atoms with van der Waals surface area (Å²) in [5.41, 5.74) is 1.19. The van der Waals surface area contributed by atoms with Gasteiger partial charge in [0.05, 0.1) is 25.2 Å². The van der Waals surface area contributed by atoms with Gasteiger partial charge in [0.1, 0.15) is 6.10 Å². The van der Waals surface area contributed by atoms with E-state index in [1.807, 2.05) is 6.07 Å². The van der Waals surface area contributed by atoms with Gasteiger partial charge in [-0.1, -0.05) is 0 Å². The molecule has 122 valence electrons. The van der Waals surface area contributed by atoms with Gasteiger partial charge >= 0.3 is 0 Å². The minimum absolute atomic E-state index is 0.00663. The number of ether oxygens (including phenoxy) is 2. The van der Waals surface area contributed by atoms with Crippen LogP contribution in [-0.4, -0.2) is 56.4 Å². The van der Waals surface area contributed by atoms with Gasteiger partial charge in [0.25, 0.3) is 0 Å². The smallest absolute Gasteiger partial charge is 0.249 e. The first-order valence-electron chi connectivity index (χ1n) is 7.92. The van der Waals surface area contributed by atoms with Gasteiger partial charge in [-0.15, -0.1) is 0 Å². The molecule has 0 bridgehead atoms.